The lowest BCUT2D eigenvalue weighted by Crippen LogP contribution is -2.44. The summed E-state index contributed by atoms with van der Waals surface area (Å²) in [5.41, 5.74) is 7.93. The SMILES string of the molecule is CC(N)C1CCN(C(=O)Nc2nn(C)cc2-c2ccccc2)CC1. The second-order valence-corrected chi connectivity index (χ2v) is 6.54. The van der Waals surface area contributed by atoms with Gasteiger partial charge in [-0.25, -0.2) is 4.79 Å². The number of nitrogens with zero attached hydrogens (tertiary/aromatic N) is 3. The summed E-state index contributed by atoms with van der Waals surface area (Å²) in [6.45, 7) is 3.53. The minimum atomic E-state index is -0.0889. The molecule has 2 aromatic rings. The standard InChI is InChI=1S/C18H25N5O/c1-13(19)14-8-10-23(11-9-14)18(24)20-17-16(12-22(2)21-17)15-6-4-3-5-7-15/h3-7,12-14H,8-11,19H2,1-2H3,(H,20,21,24). The smallest absolute Gasteiger partial charge is 0.323 e. The van der Waals surface area contributed by atoms with Gasteiger partial charge in [0, 0.05) is 37.9 Å². The maximum atomic E-state index is 12.6. The number of anilines is 1. The third-order valence-corrected chi connectivity index (χ3v) is 4.71. The average molecular weight is 327 g/mol. The number of likely N-dealkylation sites (tertiary alicyclic amines) is 1. The number of nitrogens with one attached hydrogen (secondary N) is 1. The number of urea groups is 1. The lowest BCUT2D eigenvalue weighted by molar-refractivity contribution is 0.176. The molecule has 0 spiro atoms. The number of nitrogens with two attached hydrogens (primary N) is 1. The molecule has 128 valence electrons. The maximum Gasteiger partial charge on any atom is 0.323 e. The second kappa shape index (κ2) is 7.05. The molecular formula is C18H25N5O. The topological polar surface area (TPSA) is 76.2 Å². The van der Waals surface area contributed by atoms with Gasteiger partial charge in [-0.1, -0.05) is 30.3 Å². The summed E-state index contributed by atoms with van der Waals surface area (Å²) in [5.74, 6) is 1.10. The van der Waals surface area contributed by atoms with Crippen LogP contribution >= 0.6 is 0 Å². The fraction of sp³-hybridized carbons (Fsp3) is 0.444. The fourth-order valence-electron chi connectivity index (χ4n) is 3.22. The number of hydrogen-bond acceptors (Lipinski definition) is 3. The van der Waals surface area contributed by atoms with Crippen molar-refractivity contribution in [3.8, 4) is 11.1 Å². The van der Waals surface area contributed by atoms with E-state index in [4.69, 9.17) is 5.73 Å². The number of piperidine rings is 1. The van der Waals surface area contributed by atoms with Crippen LogP contribution in [0.25, 0.3) is 11.1 Å². The van der Waals surface area contributed by atoms with Crippen LogP contribution in [0.4, 0.5) is 10.6 Å². The number of carbonyl (C=O) groups excluding carboxylic acids is 1. The van der Waals surface area contributed by atoms with Crippen LogP contribution in [0.15, 0.2) is 36.5 Å². The molecule has 3 N–H and O–H groups in total. The predicted octanol–water partition coefficient (Wildman–Crippen LogP) is 2.68. The molecule has 2 amide bonds. The van der Waals surface area contributed by atoms with Gasteiger partial charge in [-0.2, -0.15) is 5.10 Å². The molecule has 0 saturated carbocycles. The van der Waals surface area contributed by atoms with E-state index < -0.39 is 0 Å². The molecule has 1 saturated heterocycles. The zero-order chi connectivity index (χ0) is 17.1. The normalized spacial score (nSPS) is 16.9. The number of aryl methyl sites for hydroxylation is 1. The highest BCUT2D eigenvalue weighted by atomic mass is 16.2. The second-order valence-electron chi connectivity index (χ2n) is 6.54. The molecule has 0 radical (unpaired) electrons. The van der Waals surface area contributed by atoms with Crippen LogP contribution < -0.4 is 11.1 Å². The number of benzene rings is 1. The Morgan fingerprint density at radius 1 is 1.29 bits per heavy atom. The van der Waals surface area contributed by atoms with Crippen molar-refractivity contribution in [2.75, 3.05) is 18.4 Å². The first-order valence-corrected chi connectivity index (χ1v) is 8.45. The van der Waals surface area contributed by atoms with Crippen molar-refractivity contribution in [1.29, 1.82) is 0 Å². The van der Waals surface area contributed by atoms with Crippen molar-refractivity contribution >= 4 is 11.8 Å². The molecule has 1 atom stereocenters. The average Bonchev–Trinajstić information content (AvgIpc) is 2.96. The first-order valence-electron chi connectivity index (χ1n) is 8.45. The molecule has 24 heavy (non-hydrogen) atoms. The van der Waals surface area contributed by atoms with Gasteiger partial charge in [0.25, 0.3) is 0 Å². The Hall–Kier alpha value is -2.34. The van der Waals surface area contributed by atoms with Crippen LogP contribution in [-0.4, -0.2) is 39.8 Å². The van der Waals surface area contributed by atoms with Crippen LogP contribution in [0, 0.1) is 5.92 Å². The van der Waals surface area contributed by atoms with E-state index >= 15 is 0 Å². The lowest BCUT2D eigenvalue weighted by atomic mass is 9.91. The molecule has 3 rings (SSSR count). The molecule has 6 nitrogen and oxygen atoms in total. The minimum absolute atomic E-state index is 0.0889. The van der Waals surface area contributed by atoms with E-state index in [2.05, 4.69) is 10.4 Å². The van der Waals surface area contributed by atoms with Crippen molar-refractivity contribution in [2.24, 2.45) is 18.7 Å². The molecule has 6 heteroatoms. The van der Waals surface area contributed by atoms with Gasteiger partial charge in [-0.05, 0) is 31.2 Å². The number of rotatable bonds is 3. The van der Waals surface area contributed by atoms with E-state index in [1.54, 1.807) is 4.68 Å². The summed E-state index contributed by atoms with van der Waals surface area (Å²) in [6.07, 6.45) is 3.84. The lowest BCUT2D eigenvalue weighted by Gasteiger charge is -2.33. The third kappa shape index (κ3) is 3.59. The van der Waals surface area contributed by atoms with Gasteiger partial charge in [0.15, 0.2) is 5.82 Å². The monoisotopic (exact) mass is 327 g/mol. The molecule has 0 aliphatic carbocycles. The van der Waals surface area contributed by atoms with Gasteiger partial charge >= 0.3 is 6.03 Å². The van der Waals surface area contributed by atoms with Crippen LogP contribution in [-0.2, 0) is 7.05 Å². The molecule has 1 fully saturated rings. The molecule has 1 aliphatic rings. The van der Waals surface area contributed by atoms with Crippen LogP contribution in [0.5, 0.6) is 0 Å². The first kappa shape index (κ1) is 16.5. The summed E-state index contributed by atoms with van der Waals surface area (Å²) < 4.78 is 1.72. The molecule has 1 aromatic heterocycles. The van der Waals surface area contributed by atoms with Crippen molar-refractivity contribution in [3.63, 3.8) is 0 Å². The fourth-order valence-corrected chi connectivity index (χ4v) is 3.22. The van der Waals surface area contributed by atoms with E-state index in [1.165, 1.54) is 0 Å². The largest absolute Gasteiger partial charge is 0.328 e. The van der Waals surface area contributed by atoms with Crippen molar-refractivity contribution in [3.05, 3.63) is 36.5 Å². The van der Waals surface area contributed by atoms with E-state index in [0.717, 1.165) is 37.1 Å². The number of carbonyl (C=O) groups is 1. The summed E-state index contributed by atoms with van der Waals surface area (Å²) in [4.78, 5) is 14.4. The number of hydrogen-bond donors (Lipinski definition) is 2. The number of aromatic nitrogens is 2. The Kier molecular flexibility index (Phi) is 4.85. The third-order valence-electron chi connectivity index (χ3n) is 4.71. The molecule has 0 bridgehead atoms. The van der Waals surface area contributed by atoms with E-state index in [-0.39, 0.29) is 12.1 Å². The van der Waals surface area contributed by atoms with Gasteiger partial charge in [-0.15, -0.1) is 0 Å². The number of amides is 2. The Morgan fingerprint density at radius 2 is 1.96 bits per heavy atom. The summed E-state index contributed by atoms with van der Waals surface area (Å²) >= 11 is 0. The van der Waals surface area contributed by atoms with E-state index in [1.807, 2.05) is 55.4 Å². The van der Waals surface area contributed by atoms with Gasteiger partial charge in [0.2, 0.25) is 0 Å². The Morgan fingerprint density at radius 3 is 2.58 bits per heavy atom. The molecule has 1 aromatic carbocycles. The highest BCUT2D eigenvalue weighted by Gasteiger charge is 2.25. The van der Waals surface area contributed by atoms with E-state index in [0.29, 0.717) is 11.7 Å². The minimum Gasteiger partial charge on any atom is -0.328 e. The molecule has 1 aliphatic heterocycles. The van der Waals surface area contributed by atoms with Gasteiger partial charge in [-0.3, -0.25) is 10.00 Å². The predicted molar refractivity (Wildman–Crippen MR) is 95.6 cm³/mol. The highest BCUT2D eigenvalue weighted by Crippen LogP contribution is 2.27. The van der Waals surface area contributed by atoms with Gasteiger partial charge < -0.3 is 10.6 Å². The molecular weight excluding hydrogens is 302 g/mol. The Bertz CT molecular complexity index is 687. The highest BCUT2D eigenvalue weighted by molar-refractivity contribution is 5.92. The van der Waals surface area contributed by atoms with Crippen LogP contribution in [0.1, 0.15) is 19.8 Å². The first-order chi connectivity index (χ1) is 11.5. The van der Waals surface area contributed by atoms with Gasteiger partial charge in [0.1, 0.15) is 0 Å². The molecule has 2 heterocycles. The van der Waals surface area contributed by atoms with Crippen molar-refractivity contribution in [2.45, 2.75) is 25.8 Å². The van der Waals surface area contributed by atoms with Crippen molar-refractivity contribution < 1.29 is 4.79 Å². The zero-order valence-corrected chi connectivity index (χ0v) is 14.3. The Labute approximate surface area is 142 Å². The van der Waals surface area contributed by atoms with Crippen LogP contribution in [0.3, 0.4) is 0 Å². The van der Waals surface area contributed by atoms with Crippen LogP contribution in [0.2, 0.25) is 0 Å². The zero-order valence-electron chi connectivity index (χ0n) is 14.3. The van der Waals surface area contributed by atoms with Gasteiger partial charge in [0.05, 0.1) is 0 Å². The Balaban J connectivity index is 1.70. The summed E-state index contributed by atoms with van der Waals surface area (Å²) in [6, 6.07) is 10.1. The van der Waals surface area contributed by atoms with Crippen molar-refractivity contribution in [1.82, 2.24) is 14.7 Å². The maximum absolute atomic E-state index is 12.6. The summed E-state index contributed by atoms with van der Waals surface area (Å²) in [7, 11) is 1.86. The quantitative estimate of drug-likeness (QED) is 0.910. The molecule has 1 unspecified atom stereocenters. The summed E-state index contributed by atoms with van der Waals surface area (Å²) in [5, 5.41) is 7.37. The van der Waals surface area contributed by atoms with E-state index in [9.17, 15) is 4.79 Å².